The molecule has 1 saturated carbocycles. The highest BCUT2D eigenvalue weighted by atomic mass is 16.5. The van der Waals surface area contributed by atoms with E-state index in [1.165, 1.54) is 32.4 Å². The van der Waals surface area contributed by atoms with Crippen molar-refractivity contribution in [3.63, 3.8) is 0 Å². The Morgan fingerprint density at radius 2 is 2.00 bits per heavy atom. The van der Waals surface area contributed by atoms with Crippen LogP contribution in [0.15, 0.2) is 0 Å². The number of hydrogen-bond donors (Lipinski definition) is 1. The van der Waals surface area contributed by atoms with E-state index in [9.17, 15) is 0 Å². The van der Waals surface area contributed by atoms with Crippen LogP contribution >= 0.6 is 0 Å². The maximum Gasteiger partial charge on any atom is 0.0547 e. The predicted octanol–water partition coefficient (Wildman–Crippen LogP) is 2.90. The molecule has 1 aliphatic heterocycles. The van der Waals surface area contributed by atoms with Crippen LogP contribution in [0.5, 0.6) is 0 Å². The molecule has 2 rings (SSSR count). The van der Waals surface area contributed by atoms with Gasteiger partial charge in [0.15, 0.2) is 0 Å². The average Bonchev–Trinajstić information content (AvgIpc) is 3.07. The molecule has 0 aromatic heterocycles. The Kier molecular flexibility index (Phi) is 5.14. The van der Waals surface area contributed by atoms with E-state index in [1.54, 1.807) is 0 Å². The number of nitrogens with one attached hydrogen (secondary N) is 1. The van der Waals surface area contributed by atoms with Gasteiger partial charge < -0.3 is 10.1 Å². The van der Waals surface area contributed by atoms with Crippen molar-refractivity contribution in [3.8, 4) is 0 Å². The fourth-order valence-corrected chi connectivity index (χ4v) is 3.10. The summed E-state index contributed by atoms with van der Waals surface area (Å²) in [5, 5.41) is 3.72. The van der Waals surface area contributed by atoms with Gasteiger partial charge >= 0.3 is 0 Å². The van der Waals surface area contributed by atoms with Crippen molar-refractivity contribution in [2.75, 3.05) is 32.8 Å². The summed E-state index contributed by atoms with van der Waals surface area (Å²) in [7, 11) is 0. The minimum atomic E-state index is 0.193. The van der Waals surface area contributed by atoms with E-state index in [4.69, 9.17) is 4.74 Å². The first-order valence-corrected chi connectivity index (χ1v) is 8.37. The monoisotopic (exact) mass is 282 g/mol. The average molecular weight is 282 g/mol. The zero-order chi connectivity index (χ0) is 14.8. The van der Waals surface area contributed by atoms with E-state index in [0.29, 0.717) is 5.41 Å². The van der Waals surface area contributed by atoms with E-state index in [-0.39, 0.29) is 5.54 Å². The van der Waals surface area contributed by atoms with Crippen LogP contribution in [0.3, 0.4) is 0 Å². The summed E-state index contributed by atoms with van der Waals surface area (Å²) in [6.45, 7) is 16.8. The Labute approximate surface area is 125 Å². The summed E-state index contributed by atoms with van der Waals surface area (Å²) < 4.78 is 5.77. The third kappa shape index (κ3) is 5.01. The summed E-state index contributed by atoms with van der Waals surface area (Å²) in [5.41, 5.74) is 0.517. The summed E-state index contributed by atoms with van der Waals surface area (Å²) in [6.07, 6.45) is 4.00. The smallest absolute Gasteiger partial charge is 0.0547 e. The van der Waals surface area contributed by atoms with Crippen LogP contribution in [0.2, 0.25) is 0 Å². The second kappa shape index (κ2) is 6.33. The van der Waals surface area contributed by atoms with Gasteiger partial charge in [0.2, 0.25) is 0 Å². The van der Waals surface area contributed by atoms with Crippen LogP contribution in [0.25, 0.3) is 0 Å². The van der Waals surface area contributed by atoms with Crippen molar-refractivity contribution in [2.45, 2.75) is 65.5 Å². The largest absolute Gasteiger partial charge is 0.381 e. The lowest BCUT2D eigenvalue weighted by Gasteiger charge is -2.37. The van der Waals surface area contributed by atoms with Crippen LogP contribution < -0.4 is 5.32 Å². The molecule has 2 aliphatic rings. The minimum Gasteiger partial charge on any atom is -0.381 e. The predicted molar refractivity (Wildman–Crippen MR) is 85.1 cm³/mol. The SMILES string of the molecule is CC(C)CN(CC1(CNC(C)(C)C)CCOC1)C1CC1. The lowest BCUT2D eigenvalue weighted by atomic mass is 9.85. The Balaban J connectivity index is 1.96. The molecule has 1 heterocycles. The van der Waals surface area contributed by atoms with Gasteiger partial charge in [-0.3, -0.25) is 4.90 Å². The lowest BCUT2D eigenvalue weighted by Crippen LogP contribution is -2.50. The highest BCUT2D eigenvalue weighted by Crippen LogP contribution is 2.35. The van der Waals surface area contributed by atoms with Crippen molar-refractivity contribution < 1.29 is 4.74 Å². The molecule has 1 atom stereocenters. The molecule has 20 heavy (non-hydrogen) atoms. The first-order valence-electron chi connectivity index (χ1n) is 8.37. The Hall–Kier alpha value is -0.120. The van der Waals surface area contributed by atoms with Gasteiger partial charge in [-0.25, -0.2) is 0 Å². The van der Waals surface area contributed by atoms with Gasteiger partial charge in [-0.1, -0.05) is 13.8 Å². The van der Waals surface area contributed by atoms with E-state index >= 15 is 0 Å². The van der Waals surface area contributed by atoms with Gasteiger partial charge in [-0.2, -0.15) is 0 Å². The third-order valence-corrected chi connectivity index (χ3v) is 4.38. The number of hydrogen-bond acceptors (Lipinski definition) is 3. The molecule has 1 N–H and O–H groups in total. The van der Waals surface area contributed by atoms with Gasteiger partial charge in [0.05, 0.1) is 6.61 Å². The quantitative estimate of drug-likeness (QED) is 0.777. The summed E-state index contributed by atoms with van der Waals surface area (Å²) in [5.74, 6) is 0.755. The fourth-order valence-electron chi connectivity index (χ4n) is 3.10. The van der Waals surface area contributed by atoms with Gasteiger partial charge in [0.1, 0.15) is 0 Å². The molecule has 3 heteroatoms. The van der Waals surface area contributed by atoms with E-state index < -0.39 is 0 Å². The summed E-state index contributed by atoms with van der Waals surface area (Å²) >= 11 is 0. The van der Waals surface area contributed by atoms with Crippen LogP contribution in [0.4, 0.5) is 0 Å². The Morgan fingerprint density at radius 3 is 2.45 bits per heavy atom. The van der Waals surface area contributed by atoms with Gasteiger partial charge in [-0.15, -0.1) is 0 Å². The molecule has 0 aromatic rings. The molecule has 118 valence electrons. The molecule has 0 bridgehead atoms. The Morgan fingerprint density at radius 1 is 1.30 bits per heavy atom. The van der Waals surface area contributed by atoms with Crippen LogP contribution in [0, 0.1) is 11.3 Å². The van der Waals surface area contributed by atoms with Gasteiger partial charge in [-0.05, 0) is 46.0 Å². The molecule has 0 radical (unpaired) electrons. The maximum atomic E-state index is 5.77. The topological polar surface area (TPSA) is 24.5 Å². The van der Waals surface area contributed by atoms with E-state index in [2.05, 4.69) is 44.8 Å². The molecular weight excluding hydrogens is 248 g/mol. The summed E-state index contributed by atoms with van der Waals surface area (Å²) in [6, 6.07) is 0.851. The van der Waals surface area contributed by atoms with Crippen LogP contribution in [-0.2, 0) is 4.74 Å². The number of rotatable bonds is 7. The molecule has 0 aromatic carbocycles. The zero-order valence-electron chi connectivity index (χ0n) is 14.2. The van der Waals surface area contributed by atoms with Crippen molar-refractivity contribution in [1.82, 2.24) is 10.2 Å². The molecule has 2 fully saturated rings. The maximum absolute atomic E-state index is 5.77. The minimum absolute atomic E-state index is 0.193. The molecule has 3 nitrogen and oxygen atoms in total. The number of nitrogens with zero attached hydrogens (tertiary/aromatic N) is 1. The zero-order valence-corrected chi connectivity index (χ0v) is 14.2. The number of ether oxygens (including phenoxy) is 1. The second-order valence-electron chi connectivity index (χ2n) is 8.46. The van der Waals surface area contributed by atoms with Crippen molar-refractivity contribution >= 4 is 0 Å². The van der Waals surface area contributed by atoms with Crippen LogP contribution in [-0.4, -0.2) is 49.3 Å². The van der Waals surface area contributed by atoms with Crippen molar-refractivity contribution in [1.29, 1.82) is 0 Å². The Bertz CT molecular complexity index is 299. The highest BCUT2D eigenvalue weighted by molar-refractivity contribution is 4.94. The second-order valence-corrected chi connectivity index (χ2v) is 8.46. The molecule has 0 amide bonds. The normalized spacial score (nSPS) is 27.8. The first-order chi connectivity index (χ1) is 9.30. The third-order valence-electron chi connectivity index (χ3n) is 4.38. The van der Waals surface area contributed by atoms with Crippen molar-refractivity contribution in [3.05, 3.63) is 0 Å². The van der Waals surface area contributed by atoms with E-state index in [0.717, 1.165) is 31.7 Å². The van der Waals surface area contributed by atoms with E-state index in [1.807, 2.05) is 0 Å². The molecule has 1 saturated heterocycles. The molecule has 1 aliphatic carbocycles. The van der Waals surface area contributed by atoms with Gasteiger partial charge in [0.25, 0.3) is 0 Å². The lowest BCUT2D eigenvalue weighted by molar-refractivity contribution is 0.0929. The van der Waals surface area contributed by atoms with Crippen molar-refractivity contribution in [2.24, 2.45) is 11.3 Å². The molecule has 1 unspecified atom stereocenters. The highest BCUT2D eigenvalue weighted by Gasteiger charge is 2.40. The molecule has 0 spiro atoms. The molecular formula is C17H34N2O. The first kappa shape index (κ1) is 16.3. The fraction of sp³-hybridized carbons (Fsp3) is 1.00. The summed E-state index contributed by atoms with van der Waals surface area (Å²) in [4.78, 5) is 2.74. The van der Waals surface area contributed by atoms with Gasteiger partial charge in [0, 0.05) is 43.2 Å². The van der Waals surface area contributed by atoms with Crippen LogP contribution in [0.1, 0.15) is 53.9 Å². The standard InChI is InChI=1S/C17H34N2O/c1-14(2)10-19(15-6-7-15)12-17(8-9-20-13-17)11-18-16(3,4)5/h14-15,18H,6-13H2,1-5H3.